The summed E-state index contributed by atoms with van der Waals surface area (Å²) in [6.45, 7) is 0.349. The van der Waals surface area contributed by atoms with Gasteiger partial charge < -0.3 is 15.4 Å². The third kappa shape index (κ3) is 4.42. The Kier molecular flexibility index (Phi) is 5.87. The molecule has 8 heteroatoms. The molecule has 25 heavy (non-hydrogen) atoms. The van der Waals surface area contributed by atoms with E-state index in [9.17, 15) is 18.4 Å². The van der Waals surface area contributed by atoms with E-state index in [2.05, 4.69) is 10.6 Å². The highest BCUT2D eigenvalue weighted by molar-refractivity contribution is 6.04. The minimum Gasteiger partial charge on any atom is -0.375 e. The van der Waals surface area contributed by atoms with Crippen molar-refractivity contribution in [2.24, 2.45) is 0 Å². The first-order chi connectivity index (χ1) is 11.8. The second-order valence-corrected chi connectivity index (χ2v) is 5.47. The second-order valence-electron chi connectivity index (χ2n) is 5.47. The largest absolute Gasteiger partial charge is 0.375 e. The summed E-state index contributed by atoms with van der Waals surface area (Å²) >= 11 is 0. The lowest BCUT2D eigenvalue weighted by molar-refractivity contribution is -0.119. The van der Waals surface area contributed by atoms with Crippen molar-refractivity contribution in [1.82, 2.24) is 4.57 Å². The molecule has 0 aliphatic rings. The van der Waals surface area contributed by atoms with Crippen LogP contribution >= 0.6 is 0 Å². The molecule has 0 spiro atoms. The number of halogens is 2. The fourth-order valence-corrected chi connectivity index (χ4v) is 2.34. The molecule has 0 aliphatic heterocycles. The van der Waals surface area contributed by atoms with E-state index >= 15 is 0 Å². The summed E-state index contributed by atoms with van der Waals surface area (Å²) in [7, 11) is 1.40. The number of hydrogen-bond donors (Lipinski definition) is 2. The summed E-state index contributed by atoms with van der Waals surface area (Å²) in [4.78, 5) is 23.9. The average molecular weight is 351 g/mol. The summed E-state index contributed by atoms with van der Waals surface area (Å²) in [6.07, 6.45) is 0. The van der Waals surface area contributed by atoms with Crippen molar-refractivity contribution in [3.05, 3.63) is 47.3 Å². The number of nitrogens with zero attached hydrogens (tertiary/aromatic N) is 1. The number of benzene rings is 1. The summed E-state index contributed by atoms with van der Waals surface area (Å²) in [5.74, 6) is -0.998. The molecule has 2 amide bonds. The van der Waals surface area contributed by atoms with Crippen molar-refractivity contribution in [3.63, 3.8) is 0 Å². The first-order valence-electron chi connectivity index (χ1n) is 7.50. The zero-order chi connectivity index (χ0) is 18.6. The number of hydrogen-bond acceptors (Lipinski definition) is 3. The molecule has 1 aromatic heterocycles. The molecule has 0 fully saturated rings. The van der Waals surface area contributed by atoms with Crippen LogP contribution in [0.4, 0.5) is 20.2 Å². The predicted octanol–water partition coefficient (Wildman–Crippen LogP) is 3.34. The number of rotatable bonds is 6. The highest BCUT2D eigenvalue weighted by atomic mass is 19.3. The number of aromatic nitrogens is 1. The van der Waals surface area contributed by atoms with Crippen molar-refractivity contribution in [3.8, 4) is 0 Å². The van der Waals surface area contributed by atoms with E-state index in [1.54, 1.807) is 25.1 Å². The molecule has 2 N–H and O–H groups in total. The maximum atomic E-state index is 13.1. The molecule has 0 bridgehead atoms. The first-order valence-corrected chi connectivity index (χ1v) is 7.50. The predicted molar refractivity (Wildman–Crippen MR) is 90.1 cm³/mol. The minimum absolute atomic E-state index is 0.100. The van der Waals surface area contributed by atoms with Gasteiger partial charge in [0.05, 0.1) is 0 Å². The van der Waals surface area contributed by atoms with Crippen LogP contribution in [0.1, 0.15) is 28.3 Å². The van der Waals surface area contributed by atoms with E-state index in [1.807, 2.05) is 0 Å². The monoisotopic (exact) mass is 351 g/mol. The highest BCUT2D eigenvalue weighted by Crippen LogP contribution is 2.23. The van der Waals surface area contributed by atoms with E-state index in [4.69, 9.17) is 4.74 Å². The Hall–Kier alpha value is -2.74. The second kappa shape index (κ2) is 7.89. The molecule has 134 valence electrons. The molecule has 1 aromatic carbocycles. The van der Waals surface area contributed by atoms with Crippen molar-refractivity contribution in [1.29, 1.82) is 0 Å². The molecular weight excluding hydrogens is 332 g/mol. The lowest BCUT2D eigenvalue weighted by atomic mass is 10.1. The van der Waals surface area contributed by atoms with Gasteiger partial charge in [-0.15, -0.1) is 0 Å². The van der Waals surface area contributed by atoms with E-state index in [0.717, 1.165) is 5.56 Å². The lowest BCUT2D eigenvalue weighted by Gasteiger charge is -2.13. The number of anilines is 2. The summed E-state index contributed by atoms with van der Waals surface area (Å²) in [5.41, 5.74) is 1.76. The first kappa shape index (κ1) is 18.6. The number of methoxy groups -OCH3 is 1. The zero-order valence-corrected chi connectivity index (χ0v) is 14.1. The maximum Gasteiger partial charge on any atom is 0.319 e. The van der Waals surface area contributed by atoms with Gasteiger partial charge in [-0.25, -0.2) is 0 Å². The molecule has 2 aromatic rings. The van der Waals surface area contributed by atoms with Gasteiger partial charge in [0.1, 0.15) is 12.3 Å². The van der Waals surface area contributed by atoms with Gasteiger partial charge in [0.2, 0.25) is 5.91 Å². The Labute approximate surface area is 143 Å². The molecule has 0 radical (unpaired) electrons. The normalized spacial score (nSPS) is 10.8. The number of amides is 2. The Bertz CT molecular complexity index is 787. The van der Waals surface area contributed by atoms with E-state index in [0.29, 0.717) is 15.9 Å². The third-order valence-corrected chi connectivity index (χ3v) is 3.59. The molecule has 0 unspecified atom stereocenters. The average Bonchev–Trinajstić information content (AvgIpc) is 2.93. The zero-order valence-electron chi connectivity index (χ0n) is 14.1. The van der Waals surface area contributed by atoms with Gasteiger partial charge in [-0.3, -0.25) is 14.2 Å². The van der Waals surface area contributed by atoms with Crippen molar-refractivity contribution < 1.29 is 23.1 Å². The molecular formula is C17H19F2N3O3. The van der Waals surface area contributed by atoms with E-state index < -0.39 is 12.5 Å². The molecule has 0 saturated heterocycles. The smallest absolute Gasteiger partial charge is 0.319 e. The third-order valence-electron chi connectivity index (χ3n) is 3.59. The van der Waals surface area contributed by atoms with Gasteiger partial charge in [-0.1, -0.05) is 6.07 Å². The number of carbonyl (C=O) groups is 2. The van der Waals surface area contributed by atoms with Crippen LogP contribution in [0.15, 0.2) is 30.3 Å². The minimum atomic E-state index is -2.81. The van der Waals surface area contributed by atoms with Crippen LogP contribution in [0.3, 0.4) is 0 Å². The lowest BCUT2D eigenvalue weighted by Crippen LogP contribution is -2.19. The van der Waals surface area contributed by atoms with Crippen LogP contribution in [-0.2, 0) is 9.53 Å². The van der Waals surface area contributed by atoms with Gasteiger partial charge in [-0.05, 0) is 43.7 Å². The fraction of sp³-hybridized carbons (Fsp3) is 0.294. The van der Waals surface area contributed by atoms with Crippen LogP contribution in [0.5, 0.6) is 0 Å². The Morgan fingerprint density at radius 2 is 1.88 bits per heavy atom. The maximum absolute atomic E-state index is 13.1. The SMILES string of the molecule is COCC(=O)Nc1ccc(C)c(NC(=O)c2ccc(C)n2C(F)F)c1. The molecule has 2 rings (SSSR count). The molecule has 0 atom stereocenters. The number of carbonyl (C=O) groups excluding carboxylic acids is 2. The van der Waals surface area contributed by atoms with Crippen LogP contribution in [0.2, 0.25) is 0 Å². The van der Waals surface area contributed by atoms with Gasteiger partial charge in [0.15, 0.2) is 0 Å². The van der Waals surface area contributed by atoms with Crippen LogP contribution < -0.4 is 10.6 Å². The van der Waals surface area contributed by atoms with Crippen LogP contribution in [-0.4, -0.2) is 30.1 Å². The number of alkyl halides is 2. The Balaban J connectivity index is 2.22. The summed E-state index contributed by atoms with van der Waals surface area (Å²) < 4.78 is 31.6. The van der Waals surface area contributed by atoms with Gasteiger partial charge >= 0.3 is 6.55 Å². The number of ether oxygens (including phenoxy) is 1. The van der Waals surface area contributed by atoms with Crippen molar-refractivity contribution in [2.75, 3.05) is 24.4 Å². The van der Waals surface area contributed by atoms with Crippen LogP contribution in [0, 0.1) is 13.8 Å². The van der Waals surface area contributed by atoms with Gasteiger partial charge in [0, 0.05) is 24.2 Å². The standard InChI is InChI=1S/C17H19F2N3O3/c1-10-4-6-12(20-15(23)9-25-3)8-13(10)21-16(24)14-7-5-11(2)22(14)17(18)19/h4-8,17H,9H2,1-3H3,(H,20,23)(H,21,24). The quantitative estimate of drug-likeness (QED) is 0.838. The highest BCUT2D eigenvalue weighted by Gasteiger charge is 2.19. The topological polar surface area (TPSA) is 72.4 Å². The molecule has 0 aliphatic carbocycles. The van der Waals surface area contributed by atoms with E-state index in [1.165, 1.54) is 26.2 Å². The fourth-order valence-electron chi connectivity index (χ4n) is 2.34. The molecule has 0 saturated carbocycles. The number of aryl methyl sites for hydroxylation is 2. The Morgan fingerprint density at radius 1 is 1.16 bits per heavy atom. The van der Waals surface area contributed by atoms with Gasteiger partial charge in [0.25, 0.3) is 5.91 Å². The molecule has 6 nitrogen and oxygen atoms in total. The Morgan fingerprint density at radius 3 is 2.52 bits per heavy atom. The van der Waals surface area contributed by atoms with Crippen molar-refractivity contribution in [2.45, 2.75) is 20.4 Å². The summed E-state index contributed by atoms with van der Waals surface area (Å²) in [6, 6.07) is 7.73. The van der Waals surface area contributed by atoms with Gasteiger partial charge in [-0.2, -0.15) is 8.78 Å². The van der Waals surface area contributed by atoms with Crippen LogP contribution in [0.25, 0.3) is 0 Å². The van der Waals surface area contributed by atoms with E-state index in [-0.39, 0.29) is 23.9 Å². The number of nitrogens with one attached hydrogen (secondary N) is 2. The van der Waals surface area contributed by atoms with Crippen molar-refractivity contribution >= 4 is 23.2 Å². The summed E-state index contributed by atoms with van der Waals surface area (Å²) in [5, 5.41) is 5.22. The molecule has 1 heterocycles.